The number of aryl methyl sites for hydroxylation is 3. The molecule has 4 unspecified atom stereocenters. The second-order valence-electron chi connectivity index (χ2n) is 12.1. The highest BCUT2D eigenvalue weighted by molar-refractivity contribution is 6.30. The Labute approximate surface area is 255 Å². The molecule has 1 aromatic heterocycles. The van der Waals surface area contributed by atoms with Crippen molar-refractivity contribution in [2.45, 2.75) is 71.4 Å². The van der Waals surface area contributed by atoms with Crippen LogP contribution in [-0.2, 0) is 16.1 Å². The molecule has 0 radical (unpaired) electrons. The molecule has 3 aromatic rings. The van der Waals surface area contributed by atoms with E-state index >= 15 is 8.78 Å². The SMILES string of the molecule is Cc1cc(C)c(NC(=O)C2CCCCC2C(=O)N2CCC(Cn3cc(C(O)c4ccc(Cl)cc4)nn3)C(F)(F)C2)c(C)c1. The molecule has 2 amide bonds. The maximum absolute atomic E-state index is 15.5. The molecule has 2 fully saturated rings. The second-order valence-corrected chi connectivity index (χ2v) is 12.5. The molecule has 2 aliphatic rings. The topological polar surface area (TPSA) is 100 Å². The normalized spacial score (nSPS) is 22.7. The van der Waals surface area contributed by atoms with Gasteiger partial charge < -0.3 is 15.3 Å². The molecule has 11 heteroatoms. The molecule has 2 heterocycles. The molecule has 1 saturated heterocycles. The third-order valence-electron chi connectivity index (χ3n) is 8.83. The summed E-state index contributed by atoms with van der Waals surface area (Å²) in [5.41, 5.74) is 4.55. The first kappa shape index (κ1) is 31.1. The highest BCUT2D eigenvalue weighted by atomic mass is 35.5. The van der Waals surface area contributed by atoms with Gasteiger partial charge in [-0.05, 0) is 68.9 Å². The lowest BCUT2D eigenvalue weighted by Crippen LogP contribution is -2.54. The molecule has 0 spiro atoms. The monoisotopic (exact) mass is 613 g/mol. The maximum Gasteiger partial charge on any atom is 0.269 e. The number of carbonyl (C=O) groups is 2. The Morgan fingerprint density at radius 3 is 2.37 bits per heavy atom. The minimum atomic E-state index is -3.16. The molecule has 0 bridgehead atoms. The lowest BCUT2D eigenvalue weighted by molar-refractivity contribution is -0.159. The molecular formula is C32H38ClF2N5O3. The van der Waals surface area contributed by atoms with Gasteiger partial charge in [0, 0.05) is 35.0 Å². The summed E-state index contributed by atoms with van der Waals surface area (Å²) in [5, 5.41) is 22.1. The van der Waals surface area contributed by atoms with E-state index in [1.54, 1.807) is 24.3 Å². The first-order chi connectivity index (χ1) is 20.4. The predicted molar refractivity (Wildman–Crippen MR) is 160 cm³/mol. The van der Waals surface area contributed by atoms with Crippen LogP contribution in [0.4, 0.5) is 14.5 Å². The van der Waals surface area contributed by atoms with Gasteiger partial charge in [-0.1, -0.05) is 59.5 Å². The van der Waals surface area contributed by atoms with Crippen LogP contribution in [0, 0.1) is 38.5 Å². The number of hydrogen-bond donors (Lipinski definition) is 2. The van der Waals surface area contributed by atoms with Gasteiger partial charge in [-0.2, -0.15) is 0 Å². The highest BCUT2D eigenvalue weighted by Gasteiger charge is 2.48. The quantitative estimate of drug-likeness (QED) is 0.347. The largest absolute Gasteiger partial charge is 0.382 e. The number of likely N-dealkylation sites (tertiary alicyclic amines) is 1. The number of hydrogen-bond acceptors (Lipinski definition) is 5. The number of benzene rings is 2. The smallest absolute Gasteiger partial charge is 0.269 e. The van der Waals surface area contributed by atoms with E-state index in [-0.39, 0.29) is 37.0 Å². The van der Waals surface area contributed by atoms with E-state index in [2.05, 4.69) is 15.6 Å². The summed E-state index contributed by atoms with van der Waals surface area (Å²) in [7, 11) is 0. The summed E-state index contributed by atoms with van der Waals surface area (Å²) in [6.45, 7) is 5.25. The third-order valence-corrected chi connectivity index (χ3v) is 9.08. The van der Waals surface area contributed by atoms with Gasteiger partial charge in [0.15, 0.2) is 0 Å². The molecule has 4 atom stereocenters. The number of alkyl halides is 2. The van der Waals surface area contributed by atoms with Crippen LogP contribution < -0.4 is 5.32 Å². The maximum atomic E-state index is 15.5. The zero-order valence-electron chi connectivity index (χ0n) is 24.7. The molecule has 2 aromatic carbocycles. The van der Waals surface area contributed by atoms with Gasteiger partial charge in [0.05, 0.1) is 19.3 Å². The van der Waals surface area contributed by atoms with E-state index in [1.807, 2.05) is 32.9 Å². The summed E-state index contributed by atoms with van der Waals surface area (Å²) in [4.78, 5) is 28.3. The Hall–Kier alpha value is -3.37. The van der Waals surface area contributed by atoms with E-state index in [4.69, 9.17) is 11.6 Å². The number of rotatable bonds is 7. The molecule has 1 saturated carbocycles. The second kappa shape index (κ2) is 12.7. The first-order valence-electron chi connectivity index (χ1n) is 14.8. The number of piperidine rings is 1. The van der Waals surface area contributed by atoms with Crippen LogP contribution in [0.2, 0.25) is 5.02 Å². The molecule has 1 aliphatic heterocycles. The molecular weight excluding hydrogens is 576 g/mol. The fraction of sp³-hybridized carbons (Fsp3) is 0.500. The number of aliphatic hydroxyl groups excluding tert-OH is 1. The Balaban J connectivity index is 1.22. The Morgan fingerprint density at radius 1 is 1.07 bits per heavy atom. The number of anilines is 1. The van der Waals surface area contributed by atoms with E-state index < -0.39 is 36.3 Å². The lowest BCUT2D eigenvalue weighted by atomic mass is 9.77. The van der Waals surface area contributed by atoms with Gasteiger partial charge in [-0.3, -0.25) is 14.3 Å². The number of aromatic nitrogens is 3. The van der Waals surface area contributed by atoms with E-state index in [9.17, 15) is 14.7 Å². The fourth-order valence-electron chi connectivity index (χ4n) is 6.54. The summed E-state index contributed by atoms with van der Waals surface area (Å²) in [6, 6.07) is 10.6. The molecule has 1 aliphatic carbocycles. The third kappa shape index (κ3) is 6.91. The van der Waals surface area contributed by atoms with Gasteiger partial charge in [-0.15, -0.1) is 5.10 Å². The van der Waals surface area contributed by atoms with Crippen molar-refractivity contribution in [3.05, 3.63) is 75.6 Å². The van der Waals surface area contributed by atoms with Crippen molar-refractivity contribution in [3.63, 3.8) is 0 Å². The van der Waals surface area contributed by atoms with Crippen LogP contribution in [-0.4, -0.2) is 55.8 Å². The van der Waals surface area contributed by atoms with E-state index in [1.165, 1.54) is 15.8 Å². The molecule has 43 heavy (non-hydrogen) atoms. The minimum absolute atomic E-state index is 0.0824. The van der Waals surface area contributed by atoms with Crippen LogP contribution in [0.5, 0.6) is 0 Å². The van der Waals surface area contributed by atoms with E-state index in [0.29, 0.717) is 23.4 Å². The number of carbonyl (C=O) groups excluding carboxylic acids is 2. The predicted octanol–water partition coefficient (Wildman–Crippen LogP) is 5.87. The first-order valence-corrected chi connectivity index (χ1v) is 15.2. The van der Waals surface area contributed by atoms with Gasteiger partial charge in [-0.25, -0.2) is 8.78 Å². The van der Waals surface area contributed by atoms with Crippen LogP contribution in [0.25, 0.3) is 0 Å². The van der Waals surface area contributed by atoms with Crippen molar-refractivity contribution in [2.24, 2.45) is 17.8 Å². The van der Waals surface area contributed by atoms with Gasteiger partial charge in [0.1, 0.15) is 11.8 Å². The average Bonchev–Trinajstić information content (AvgIpc) is 3.44. The average molecular weight is 614 g/mol. The molecule has 230 valence electrons. The standard InChI is InChI=1S/C32H38ClF2N5O3/c1-19-14-20(2)28(21(3)15-19)36-30(42)25-6-4-5-7-26(25)31(43)39-13-12-23(32(34,35)18-39)16-40-17-27(37-38-40)29(41)22-8-10-24(33)11-9-22/h8-11,14-15,17,23,25-26,29,41H,4-7,12-13,16,18H2,1-3H3,(H,36,42). The summed E-state index contributed by atoms with van der Waals surface area (Å²) in [6.07, 6.45) is 3.14. The molecule has 8 nitrogen and oxygen atoms in total. The Kier molecular flexibility index (Phi) is 9.18. The van der Waals surface area contributed by atoms with Crippen molar-refractivity contribution < 1.29 is 23.5 Å². The van der Waals surface area contributed by atoms with Crippen molar-refractivity contribution in [2.75, 3.05) is 18.4 Å². The Bertz CT molecular complexity index is 1450. The van der Waals surface area contributed by atoms with Crippen molar-refractivity contribution in [1.82, 2.24) is 19.9 Å². The van der Waals surface area contributed by atoms with Crippen LogP contribution in [0.15, 0.2) is 42.6 Å². The Morgan fingerprint density at radius 2 is 1.72 bits per heavy atom. The number of nitrogens with zero attached hydrogens (tertiary/aromatic N) is 4. The zero-order valence-corrected chi connectivity index (χ0v) is 25.5. The van der Waals surface area contributed by atoms with Gasteiger partial charge in [0.25, 0.3) is 5.92 Å². The zero-order chi connectivity index (χ0) is 30.9. The van der Waals surface area contributed by atoms with Crippen LogP contribution in [0.3, 0.4) is 0 Å². The van der Waals surface area contributed by atoms with E-state index in [0.717, 1.165) is 35.2 Å². The number of nitrogens with one attached hydrogen (secondary N) is 1. The molecule has 2 N–H and O–H groups in total. The molecule has 5 rings (SSSR count). The highest BCUT2D eigenvalue weighted by Crippen LogP contribution is 2.38. The van der Waals surface area contributed by atoms with Crippen molar-refractivity contribution in [3.8, 4) is 0 Å². The van der Waals surface area contributed by atoms with Crippen LogP contribution in [0.1, 0.15) is 66.2 Å². The number of aliphatic hydroxyl groups is 1. The minimum Gasteiger partial charge on any atom is -0.382 e. The number of halogens is 3. The summed E-state index contributed by atoms with van der Waals surface area (Å²) in [5.74, 6) is -6.00. The van der Waals surface area contributed by atoms with Gasteiger partial charge >= 0.3 is 0 Å². The van der Waals surface area contributed by atoms with Crippen molar-refractivity contribution in [1.29, 1.82) is 0 Å². The summed E-state index contributed by atoms with van der Waals surface area (Å²) < 4.78 is 32.3. The van der Waals surface area contributed by atoms with Crippen LogP contribution >= 0.6 is 11.6 Å². The van der Waals surface area contributed by atoms with Gasteiger partial charge in [0.2, 0.25) is 11.8 Å². The summed E-state index contributed by atoms with van der Waals surface area (Å²) >= 11 is 5.91. The lowest BCUT2D eigenvalue weighted by Gasteiger charge is -2.41. The fourth-order valence-corrected chi connectivity index (χ4v) is 6.66. The number of amides is 2. The van der Waals surface area contributed by atoms with Crippen molar-refractivity contribution >= 4 is 29.1 Å².